The van der Waals surface area contributed by atoms with Crippen molar-refractivity contribution in [1.29, 1.82) is 0 Å². The Morgan fingerprint density at radius 3 is 2.89 bits per heavy atom. The number of piperidine rings is 1. The van der Waals surface area contributed by atoms with Crippen molar-refractivity contribution in [1.82, 2.24) is 15.5 Å². The molecule has 18 heavy (non-hydrogen) atoms. The highest BCUT2D eigenvalue weighted by atomic mass is 16.5. The Morgan fingerprint density at radius 2 is 2.11 bits per heavy atom. The second-order valence-corrected chi connectivity index (χ2v) is 4.71. The molecule has 2 heterocycles. The van der Waals surface area contributed by atoms with E-state index in [2.05, 4.69) is 27.6 Å². The predicted octanol–water partition coefficient (Wildman–Crippen LogP) is 2.47. The zero-order chi connectivity index (χ0) is 12.2. The summed E-state index contributed by atoms with van der Waals surface area (Å²) in [5.41, 5.74) is 1.20. The van der Waals surface area contributed by atoms with Crippen molar-refractivity contribution in [3.05, 3.63) is 47.6 Å². The van der Waals surface area contributed by atoms with Crippen LogP contribution in [-0.2, 0) is 6.42 Å². The lowest BCUT2D eigenvalue weighted by Gasteiger charge is -2.19. The van der Waals surface area contributed by atoms with E-state index < -0.39 is 0 Å². The van der Waals surface area contributed by atoms with Crippen molar-refractivity contribution >= 4 is 0 Å². The van der Waals surface area contributed by atoms with Crippen LogP contribution < -0.4 is 5.32 Å². The average Bonchev–Trinajstić information content (AvgIpc) is 2.89. The van der Waals surface area contributed by atoms with Gasteiger partial charge in [-0.25, -0.2) is 0 Å². The molecule has 1 N–H and O–H groups in total. The fourth-order valence-corrected chi connectivity index (χ4v) is 2.32. The average molecular weight is 243 g/mol. The quantitative estimate of drug-likeness (QED) is 0.899. The topological polar surface area (TPSA) is 51.0 Å². The van der Waals surface area contributed by atoms with Crippen molar-refractivity contribution in [3.8, 4) is 0 Å². The van der Waals surface area contributed by atoms with Crippen LogP contribution in [0.5, 0.6) is 0 Å². The number of aromatic nitrogens is 2. The molecule has 0 aliphatic carbocycles. The van der Waals surface area contributed by atoms with Gasteiger partial charge in [0.1, 0.15) is 0 Å². The molecule has 1 atom stereocenters. The lowest BCUT2D eigenvalue weighted by atomic mass is 10.0. The maximum Gasteiger partial charge on any atom is 0.231 e. The van der Waals surface area contributed by atoms with Crippen molar-refractivity contribution < 1.29 is 4.52 Å². The molecule has 1 aliphatic rings. The van der Waals surface area contributed by atoms with Gasteiger partial charge in [-0.2, -0.15) is 4.98 Å². The van der Waals surface area contributed by atoms with E-state index >= 15 is 0 Å². The zero-order valence-corrected chi connectivity index (χ0v) is 10.3. The summed E-state index contributed by atoms with van der Waals surface area (Å²) in [4.78, 5) is 4.49. The summed E-state index contributed by atoms with van der Waals surface area (Å²) < 4.78 is 5.32. The van der Waals surface area contributed by atoms with E-state index in [1.165, 1.54) is 18.4 Å². The van der Waals surface area contributed by atoms with Gasteiger partial charge in [0, 0.05) is 0 Å². The molecular formula is C14H17N3O. The minimum Gasteiger partial charge on any atom is -0.339 e. The van der Waals surface area contributed by atoms with Crippen LogP contribution >= 0.6 is 0 Å². The molecule has 1 aromatic heterocycles. The lowest BCUT2D eigenvalue weighted by Crippen LogP contribution is -2.27. The van der Waals surface area contributed by atoms with Crippen molar-refractivity contribution in [2.45, 2.75) is 31.7 Å². The van der Waals surface area contributed by atoms with Crippen molar-refractivity contribution in [3.63, 3.8) is 0 Å². The summed E-state index contributed by atoms with van der Waals surface area (Å²) in [6.45, 7) is 1.05. The number of rotatable bonds is 3. The van der Waals surface area contributed by atoms with Crippen LogP contribution in [0.3, 0.4) is 0 Å². The van der Waals surface area contributed by atoms with Gasteiger partial charge in [0.25, 0.3) is 0 Å². The van der Waals surface area contributed by atoms with Crippen LogP contribution in [0.2, 0.25) is 0 Å². The molecule has 0 radical (unpaired) electrons. The molecule has 0 spiro atoms. The summed E-state index contributed by atoms with van der Waals surface area (Å²) in [7, 11) is 0. The van der Waals surface area contributed by atoms with Crippen LogP contribution in [0.15, 0.2) is 34.9 Å². The summed E-state index contributed by atoms with van der Waals surface area (Å²) >= 11 is 0. The van der Waals surface area contributed by atoms with E-state index in [1.807, 2.05) is 18.2 Å². The third-order valence-corrected chi connectivity index (χ3v) is 3.30. The fourth-order valence-electron chi connectivity index (χ4n) is 2.32. The van der Waals surface area contributed by atoms with Gasteiger partial charge >= 0.3 is 0 Å². The number of nitrogens with zero attached hydrogens (tertiary/aromatic N) is 2. The molecule has 1 unspecified atom stereocenters. The van der Waals surface area contributed by atoms with Crippen LogP contribution in [0.1, 0.15) is 42.6 Å². The molecule has 0 amide bonds. The fraction of sp³-hybridized carbons (Fsp3) is 0.429. The molecule has 2 aromatic rings. The minimum atomic E-state index is 0.270. The molecule has 1 fully saturated rings. The molecule has 3 rings (SSSR count). The summed E-state index contributed by atoms with van der Waals surface area (Å²) in [6, 6.07) is 10.5. The van der Waals surface area contributed by atoms with Crippen LogP contribution in [-0.4, -0.2) is 16.7 Å². The molecule has 4 heteroatoms. The van der Waals surface area contributed by atoms with Gasteiger partial charge in [-0.05, 0) is 24.9 Å². The molecule has 0 saturated carbocycles. The minimum absolute atomic E-state index is 0.270. The van der Waals surface area contributed by atoms with E-state index in [9.17, 15) is 0 Å². The third-order valence-electron chi connectivity index (χ3n) is 3.30. The molecule has 4 nitrogen and oxygen atoms in total. The predicted molar refractivity (Wildman–Crippen MR) is 68.1 cm³/mol. The largest absolute Gasteiger partial charge is 0.339 e. The van der Waals surface area contributed by atoms with Gasteiger partial charge < -0.3 is 9.84 Å². The Balaban J connectivity index is 1.69. The smallest absolute Gasteiger partial charge is 0.231 e. The first-order chi connectivity index (χ1) is 8.92. The first-order valence-corrected chi connectivity index (χ1v) is 6.51. The normalized spacial score (nSPS) is 19.9. The number of benzene rings is 1. The molecular weight excluding hydrogens is 226 g/mol. The summed E-state index contributed by atoms with van der Waals surface area (Å²) in [5.74, 6) is 1.50. The highest BCUT2D eigenvalue weighted by molar-refractivity contribution is 5.18. The standard InChI is InChI=1S/C14H17N3O/c1-2-6-11(7-3-1)10-13-16-14(17-18-13)12-8-4-5-9-15-12/h1-3,6-7,12,15H,4-5,8-10H2. The van der Waals surface area contributed by atoms with Crippen LogP contribution in [0.25, 0.3) is 0 Å². The Bertz CT molecular complexity index is 489. The van der Waals surface area contributed by atoms with Gasteiger partial charge in [0.05, 0.1) is 12.5 Å². The zero-order valence-electron chi connectivity index (χ0n) is 10.3. The second kappa shape index (κ2) is 5.31. The van der Waals surface area contributed by atoms with E-state index in [1.54, 1.807) is 0 Å². The van der Waals surface area contributed by atoms with Crippen LogP contribution in [0.4, 0.5) is 0 Å². The summed E-state index contributed by atoms with van der Waals surface area (Å²) in [5, 5.41) is 7.51. The molecule has 1 aliphatic heterocycles. The Kier molecular flexibility index (Phi) is 3.37. The Labute approximate surface area is 106 Å². The maximum absolute atomic E-state index is 5.32. The van der Waals surface area contributed by atoms with Gasteiger partial charge in [0.15, 0.2) is 5.82 Å². The maximum atomic E-state index is 5.32. The monoisotopic (exact) mass is 243 g/mol. The van der Waals surface area contributed by atoms with E-state index in [0.29, 0.717) is 12.3 Å². The number of hydrogen-bond donors (Lipinski definition) is 1. The molecule has 94 valence electrons. The van der Waals surface area contributed by atoms with Crippen molar-refractivity contribution in [2.75, 3.05) is 6.54 Å². The number of hydrogen-bond acceptors (Lipinski definition) is 4. The molecule has 1 saturated heterocycles. The van der Waals surface area contributed by atoms with Gasteiger partial charge in [0.2, 0.25) is 5.89 Å². The van der Waals surface area contributed by atoms with E-state index in [0.717, 1.165) is 18.8 Å². The SMILES string of the molecule is c1ccc(Cc2nc(C3CCCCN3)no2)cc1. The third kappa shape index (κ3) is 2.59. The Morgan fingerprint density at radius 1 is 1.22 bits per heavy atom. The Hall–Kier alpha value is -1.68. The first kappa shape index (κ1) is 11.4. The lowest BCUT2D eigenvalue weighted by molar-refractivity contribution is 0.351. The van der Waals surface area contributed by atoms with Gasteiger partial charge in [-0.3, -0.25) is 0 Å². The van der Waals surface area contributed by atoms with Gasteiger partial charge in [-0.15, -0.1) is 0 Å². The first-order valence-electron chi connectivity index (χ1n) is 6.51. The van der Waals surface area contributed by atoms with Gasteiger partial charge in [-0.1, -0.05) is 41.9 Å². The highest BCUT2D eigenvalue weighted by Crippen LogP contribution is 2.20. The van der Waals surface area contributed by atoms with E-state index in [4.69, 9.17) is 4.52 Å². The highest BCUT2D eigenvalue weighted by Gasteiger charge is 2.20. The van der Waals surface area contributed by atoms with E-state index in [-0.39, 0.29) is 6.04 Å². The molecule has 1 aromatic carbocycles. The summed E-state index contributed by atoms with van der Waals surface area (Å²) in [6.07, 6.45) is 4.29. The number of nitrogens with one attached hydrogen (secondary N) is 1. The van der Waals surface area contributed by atoms with Crippen LogP contribution in [0, 0.1) is 0 Å². The second-order valence-electron chi connectivity index (χ2n) is 4.71. The molecule has 0 bridgehead atoms. The van der Waals surface area contributed by atoms with Crippen molar-refractivity contribution in [2.24, 2.45) is 0 Å².